The first-order valence-electron chi connectivity index (χ1n) is 9.30. The van der Waals surface area contributed by atoms with Crippen LogP contribution in [-0.4, -0.2) is 78.6 Å². The van der Waals surface area contributed by atoms with Crippen LogP contribution in [0.15, 0.2) is 29.4 Å². The number of carbonyl (C=O) groups excluding carboxylic acids is 2. The summed E-state index contributed by atoms with van der Waals surface area (Å²) in [5.74, 6) is -0.252. The Bertz CT molecular complexity index is 853. The molecule has 3 aliphatic heterocycles. The number of fused-ring (bicyclic) bond motifs is 1. The van der Waals surface area contributed by atoms with Crippen LogP contribution in [0.5, 0.6) is 0 Å². The molecule has 0 radical (unpaired) electrons. The van der Waals surface area contributed by atoms with E-state index in [9.17, 15) is 18.0 Å². The largest absolute Gasteiger partial charge is 0.342 e. The van der Waals surface area contributed by atoms with Gasteiger partial charge in [-0.2, -0.15) is 4.31 Å². The molecule has 1 aromatic heterocycles. The van der Waals surface area contributed by atoms with E-state index in [-0.39, 0.29) is 35.7 Å². The summed E-state index contributed by atoms with van der Waals surface area (Å²) in [7, 11) is -3.72. The Morgan fingerprint density at radius 2 is 1.89 bits per heavy atom. The maximum Gasteiger partial charge on any atom is 0.244 e. The highest BCUT2D eigenvalue weighted by atomic mass is 32.2. The Hall–Kier alpha value is -2.00. The number of hydrogen-bond acceptors (Lipinski definition) is 5. The van der Waals surface area contributed by atoms with Crippen LogP contribution in [0.25, 0.3) is 0 Å². The molecule has 0 aliphatic carbocycles. The number of pyridine rings is 1. The Kier molecular flexibility index (Phi) is 4.46. The molecule has 146 valence electrons. The number of nitrogens with zero attached hydrogens (tertiary/aromatic N) is 4. The molecule has 8 nitrogen and oxygen atoms in total. The number of likely N-dealkylation sites (tertiary alicyclic amines) is 2. The molecule has 3 saturated heterocycles. The molecule has 0 spiro atoms. The predicted molar refractivity (Wildman–Crippen MR) is 97.0 cm³/mol. The van der Waals surface area contributed by atoms with Gasteiger partial charge in [0.05, 0.1) is 5.41 Å². The number of hydrogen-bond donors (Lipinski definition) is 0. The third-order valence-corrected chi connectivity index (χ3v) is 7.91. The zero-order valence-corrected chi connectivity index (χ0v) is 16.2. The summed E-state index contributed by atoms with van der Waals surface area (Å²) < 4.78 is 27.5. The van der Waals surface area contributed by atoms with Crippen molar-refractivity contribution in [2.75, 3.05) is 39.3 Å². The van der Waals surface area contributed by atoms with Crippen molar-refractivity contribution >= 4 is 21.8 Å². The highest BCUT2D eigenvalue weighted by molar-refractivity contribution is 7.89. The Morgan fingerprint density at radius 3 is 2.52 bits per heavy atom. The smallest absolute Gasteiger partial charge is 0.244 e. The SMILES string of the molecule is CC(=O)N1C[C@H]2CN(S(=O)(=O)c3cccnc3)C[C@@]2(C(=O)N2CCCC2)C1. The van der Waals surface area contributed by atoms with E-state index >= 15 is 0 Å². The number of amides is 2. The van der Waals surface area contributed by atoms with Gasteiger partial charge in [0.15, 0.2) is 0 Å². The Labute approximate surface area is 159 Å². The lowest BCUT2D eigenvalue weighted by atomic mass is 9.79. The molecule has 4 rings (SSSR count). The fourth-order valence-electron chi connectivity index (χ4n) is 4.63. The normalized spacial score (nSPS) is 28.6. The first-order valence-corrected chi connectivity index (χ1v) is 10.7. The van der Waals surface area contributed by atoms with Crippen molar-refractivity contribution < 1.29 is 18.0 Å². The van der Waals surface area contributed by atoms with E-state index < -0.39 is 15.4 Å². The topological polar surface area (TPSA) is 90.9 Å². The average molecular weight is 392 g/mol. The minimum absolute atomic E-state index is 0.00219. The first-order chi connectivity index (χ1) is 12.8. The minimum Gasteiger partial charge on any atom is -0.342 e. The number of rotatable bonds is 3. The standard InChI is InChI=1S/C18H24N4O4S/c1-14(23)21-10-15-11-22(27(25,26)16-5-4-6-19-9-16)13-18(15,12-21)17(24)20-7-2-3-8-20/h4-6,9,15H,2-3,7-8,10-13H2,1H3/t15-,18-/m0/s1. The molecule has 1 aromatic rings. The molecule has 2 atom stereocenters. The van der Waals surface area contributed by atoms with Crippen molar-refractivity contribution in [1.82, 2.24) is 19.1 Å². The third-order valence-electron chi connectivity index (χ3n) is 6.11. The molecule has 3 fully saturated rings. The predicted octanol–water partition coefficient (Wildman–Crippen LogP) is 0.173. The summed E-state index contributed by atoms with van der Waals surface area (Å²) in [6.45, 7) is 4.01. The van der Waals surface area contributed by atoms with Gasteiger partial charge in [0.2, 0.25) is 21.8 Å². The lowest BCUT2D eigenvalue weighted by molar-refractivity contribution is -0.141. The molecule has 0 saturated carbocycles. The number of aromatic nitrogens is 1. The molecular formula is C18H24N4O4S. The summed E-state index contributed by atoms with van der Waals surface area (Å²) in [6, 6.07) is 3.11. The van der Waals surface area contributed by atoms with Crippen molar-refractivity contribution in [3.8, 4) is 0 Å². The van der Waals surface area contributed by atoms with E-state index in [4.69, 9.17) is 0 Å². The molecule has 0 aromatic carbocycles. The van der Waals surface area contributed by atoms with E-state index in [0.717, 1.165) is 12.8 Å². The highest BCUT2D eigenvalue weighted by Crippen LogP contribution is 2.46. The van der Waals surface area contributed by atoms with Crippen LogP contribution >= 0.6 is 0 Å². The second kappa shape index (κ2) is 6.56. The third kappa shape index (κ3) is 2.93. The van der Waals surface area contributed by atoms with Gasteiger partial charge in [-0.25, -0.2) is 8.42 Å². The Balaban J connectivity index is 1.66. The van der Waals surface area contributed by atoms with Crippen LogP contribution < -0.4 is 0 Å². The van der Waals surface area contributed by atoms with Crippen LogP contribution in [0.3, 0.4) is 0 Å². The average Bonchev–Trinajstić information content (AvgIpc) is 3.36. The van der Waals surface area contributed by atoms with E-state index in [1.807, 2.05) is 4.90 Å². The van der Waals surface area contributed by atoms with Gasteiger partial charge in [-0.1, -0.05) is 0 Å². The lowest BCUT2D eigenvalue weighted by Gasteiger charge is -2.32. The van der Waals surface area contributed by atoms with Gasteiger partial charge in [-0.3, -0.25) is 14.6 Å². The fourth-order valence-corrected chi connectivity index (χ4v) is 6.15. The van der Waals surface area contributed by atoms with Gasteiger partial charge in [0, 0.05) is 64.5 Å². The zero-order chi connectivity index (χ0) is 19.2. The monoisotopic (exact) mass is 392 g/mol. The van der Waals surface area contributed by atoms with Gasteiger partial charge in [-0.05, 0) is 25.0 Å². The molecule has 3 aliphatic rings. The van der Waals surface area contributed by atoms with Gasteiger partial charge in [0.1, 0.15) is 4.90 Å². The molecule has 2 amide bonds. The second-order valence-electron chi connectivity index (χ2n) is 7.74. The number of carbonyl (C=O) groups is 2. The van der Waals surface area contributed by atoms with Gasteiger partial charge in [-0.15, -0.1) is 0 Å². The first kappa shape index (κ1) is 18.4. The Morgan fingerprint density at radius 1 is 1.15 bits per heavy atom. The summed E-state index contributed by atoms with van der Waals surface area (Å²) in [6.07, 6.45) is 4.81. The second-order valence-corrected chi connectivity index (χ2v) is 9.68. The van der Waals surface area contributed by atoms with Crippen LogP contribution in [0, 0.1) is 11.3 Å². The van der Waals surface area contributed by atoms with Crippen molar-refractivity contribution in [3.05, 3.63) is 24.5 Å². The lowest BCUT2D eigenvalue weighted by Crippen LogP contribution is -2.49. The maximum absolute atomic E-state index is 13.4. The van der Waals surface area contributed by atoms with Crippen LogP contribution in [0.1, 0.15) is 19.8 Å². The van der Waals surface area contributed by atoms with E-state index in [1.54, 1.807) is 11.0 Å². The highest BCUT2D eigenvalue weighted by Gasteiger charge is 2.60. The van der Waals surface area contributed by atoms with Crippen LogP contribution in [-0.2, 0) is 19.6 Å². The molecule has 0 bridgehead atoms. The van der Waals surface area contributed by atoms with E-state index in [2.05, 4.69) is 4.98 Å². The van der Waals surface area contributed by atoms with Gasteiger partial charge >= 0.3 is 0 Å². The molecule has 27 heavy (non-hydrogen) atoms. The minimum atomic E-state index is -3.72. The van der Waals surface area contributed by atoms with Crippen LogP contribution in [0.4, 0.5) is 0 Å². The molecule has 4 heterocycles. The van der Waals surface area contributed by atoms with Crippen molar-refractivity contribution in [2.45, 2.75) is 24.7 Å². The van der Waals surface area contributed by atoms with E-state index in [0.29, 0.717) is 26.2 Å². The quantitative estimate of drug-likeness (QED) is 0.732. The molecule has 9 heteroatoms. The zero-order valence-electron chi connectivity index (χ0n) is 15.4. The van der Waals surface area contributed by atoms with E-state index in [1.165, 1.54) is 29.7 Å². The van der Waals surface area contributed by atoms with Crippen molar-refractivity contribution in [2.24, 2.45) is 11.3 Å². The molecular weight excluding hydrogens is 368 g/mol. The summed E-state index contributed by atoms with van der Waals surface area (Å²) in [4.78, 5) is 32.9. The fraction of sp³-hybridized carbons (Fsp3) is 0.611. The van der Waals surface area contributed by atoms with Gasteiger partial charge in [0.25, 0.3) is 0 Å². The summed E-state index contributed by atoms with van der Waals surface area (Å²) in [5, 5.41) is 0. The maximum atomic E-state index is 13.4. The number of sulfonamides is 1. The summed E-state index contributed by atoms with van der Waals surface area (Å²) in [5.41, 5.74) is -0.842. The molecule has 0 N–H and O–H groups in total. The van der Waals surface area contributed by atoms with Crippen molar-refractivity contribution in [3.63, 3.8) is 0 Å². The summed E-state index contributed by atoms with van der Waals surface area (Å²) >= 11 is 0. The van der Waals surface area contributed by atoms with Gasteiger partial charge < -0.3 is 9.80 Å². The van der Waals surface area contributed by atoms with Crippen LogP contribution in [0.2, 0.25) is 0 Å². The molecule has 0 unspecified atom stereocenters. The van der Waals surface area contributed by atoms with Crippen molar-refractivity contribution in [1.29, 1.82) is 0 Å².